The summed E-state index contributed by atoms with van der Waals surface area (Å²) < 4.78 is 36.9. The highest BCUT2D eigenvalue weighted by Crippen LogP contribution is 2.20. The number of hydrogen-bond donors (Lipinski definition) is 0. The minimum Gasteiger partial charge on any atom is -0.335 e. The summed E-state index contributed by atoms with van der Waals surface area (Å²) in [6, 6.07) is 9.49. The first-order valence-electron chi connectivity index (χ1n) is 9.09. The Kier molecular flexibility index (Phi) is 6.24. The molecule has 2 amide bonds. The van der Waals surface area contributed by atoms with Gasteiger partial charge in [-0.1, -0.05) is 18.5 Å². The van der Waals surface area contributed by atoms with Crippen LogP contribution in [-0.2, 0) is 9.84 Å². The number of hydrogen-bond acceptors (Lipinski definition) is 4. The maximum absolute atomic E-state index is 13.2. The molecule has 1 heterocycles. The first-order chi connectivity index (χ1) is 13.7. The van der Waals surface area contributed by atoms with Crippen LogP contribution in [0.3, 0.4) is 0 Å². The van der Waals surface area contributed by atoms with Crippen LogP contribution in [0.4, 0.5) is 4.39 Å². The molecule has 6 nitrogen and oxygen atoms in total. The van der Waals surface area contributed by atoms with Crippen LogP contribution in [0.5, 0.6) is 0 Å². The SMILES string of the molecule is CCS(=O)(=O)c1ccc(C(=O)N2CCN(C(=O)c3ccc(F)cc3Cl)CC2)cc1. The second kappa shape index (κ2) is 8.51. The molecule has 29 heavy (non-hydrogen) atoms. The van der Waals surface area contributed by atoms with Crippen molar-refractivity contribution in [3.8, 4) is 0 Å². The van der Waals surface area contributed by atoms with E-state index in [9.17, 15) is 22.4 Å². The van der Waals surface area contributed by atoms with E-state index in [1.165, 1.54) is 36.4 Å². The van der Waals surface area contributed by atoms with E-state index in [-0.39, 0.29) is 33.0 Å². The van der Waals surface area contributed by atoms with E-state index in [0.29, 0.717) is 31.7 Å². The van der Waals surface area contributed by atoms with Gasteiger partial charge in [0.25, 0.3) is 11.8 Å². The molecule has 1 saturated heterocycles. The van der Waals surface area contributed by atoms with Crippen LogP contribution in [0.2, 0.25) is 5.02 Å². The van der Waals surface area contributed by atoms with Crippen LogP contribution in [0.15, 0.2) is 47.4 Å². The zero-order valence-electron chi connectivity index (χ0n) is 15.8. The van der Waals surface area contributed by atoms with E-state index < -0.39 is 15.7 Å². The molecule has 2 aromatic carbocycles. The Labute approximate surface area is 173 Å². The van der Waals surface area contributed by atoms with E-state index in [0.717, 1.165) is 6.07 Å². The Morgan fingerprint density at radius 2 is 1.52 bits per heavy atom. The molecule has 0 atom stereocenters. The van der Waals surface area contributed by atoms with Crippen molar-refractivity contribution in [1.29, 1.82) is 0 Å². The predicted molar refractivity (Wildman–Crippen MR) is 107 cm³/mol. The molecule has 0 N–H and O–H groups in total. The summed E-state index contributed by atoms with van der Waals surface area (Å²) in [4.78, 5) is 28.6. The van der Waals surface area contributed by atoms with Crippen molar-refractivity contribution in [2.24, 2.45) is 0 Å². The number of piperazine rings is 1. The van der Waals surface area contributed by atoms with Crippen molar-refractivity contribution < 1.29 is 22.4 Å². The fourth-order valence-electron chi connectivity index (χ4n) is 3.10. The number of rotatable bonds is 4. The van der Waals surface area contributed by atoms with Gasteiger partial charge in [0.1, 0.15) is 5.82 Å². The molecule has 2 aromatic rings. The third-order valence-corrected chi connectivity index (χ3v) is 6.92. The zero-order valence-corrected chi connectivity index (χ0v) is 17.3. The molecule has 3 rings (SSSR count). The molecular weight excluding hydrogens is 419 g/mol. The van der Waals surface area contributed by atoms with E-state index in [1.807, 2.05) is 0 Å². The second-order valence-corrected chi connectivity index (χ2v) is 9.32. The lowest BCUT2D eigenvalue weighted by atomic mass is 10.1. The molecule has 0 aromatic heterocycles. The molecule has 0 spiro atoms. The summed E-state index contributed by atoms with van der Waals surface area (Å²) in [6.07, 6.45) is 0. The summed E-state index contributed by atoms with van der Waals surface area (Å²) in [6.45, 7) is 2.87. The highest BCUT2D eigenvalue weighted by molar-refractivity contribution is 7.91. The average Bonchev–Trinajstić information content (AvgIpc) is 2.73. The van der Waals surface area contributed by atoms with Crippen LogP contribution < -0.4 is 0 Å². The van der Waals surface area contributed by atoms with Crippen molar-refractivity contribution in [3.05, 3.63) is 64.4 Å². The van der Waals surface area contributed by atoms with Crippen LogP contribution in [-0.4, -0.2) is 62.0 Å². The number of sulfone groups is 1. The van der Waals surface area contributed by atoms with Gasteiger partial charge in [-0.25, -0.2) is 12.8 Å². The Bertz CT molecular complexity index is 1030. The van der Waals surface area contributed by atoms with Gasteiger partial charge in [0.15, 0.2) is 9.84 Å². The van der Waals surface area contributed by atoms with Crippen LogP contribution >= 0.6 is 11.6 Å². The minimum absolute atomic E-state index is 0.00560. The van der Waals surface area contributed by atoms with Gasteiger partial charge < -0.3 is 9.80 Å². The maximum Gasteiger partial charge on any atom is 0.255 e. The maximum atomic E-state index is 13.2. The van der Waals surface area contributed by atoms with Crippen molar-refractivity contribution in [2.75, 3.05) is 31.9 Å². The molecule has 0 radical (unpaired) electrons. The van der Waals surface area contributed by atoms with E-state index in [2.05, 4.69) is 0 Å². The standard InChI is InChI=1S/C20H20ClFN2O4S/c1-2-29(27,28)16-6-3-14(4-7-16)19(25)23-9-11-24(12-10-23)20(26)17-8-5-15(22)13-18(17)21/h3-8,13H,2,9-12H2,1H3. The lowest BCUT2D eigenvalue weighted by Crippen LogP contribution is -2.50. The van der Waals surface area contributed by atoms with Crippen LogP contribution in [0.1, 0.15) is 27.6 Å². The summed E-state index contributed by atoms with van der Waals surface area (Å²) in [5.41, 5.74) is 0.613. The Balaban J connectivity index is 1.64. The third kappa shape index (κ3) is 4.59. The van der Waals surface area contributed by atoms with E-state index in [4.69, 9.17) is 11.6 Å². The summed E-state index contributed by atoms with van der Waals surface area (Å²) in [5.74, 6) is -1.05. The first kappa shape index (κ1) is 21.3. The Hall–Kier alpha value is -2.45. The normalized spacial score (nSPS) is 14.7. The lowest BCUT2D eigenvalue weighted by molar-refractivity contribution is 0.0535. The average molecular weight is 439 g/mol. The molecule has 0 unspecified atom stereocenters. The number of amides is 2. The fraction of sp³-hybridized carbons (Fsp3) is 0.300. The topological polar surface area (TPSA) is 74.8 Å². The van der Waals surface area contributed by atoms with Crippen molar-refractivity contribution in [1.82, 2.24) is 9.80 Å². The molecule has 1 fully saturated rings. The Morgan fingerprint density at radius 1 is 0.966 bits per heavy atom. The van der Waals surface area contributed by atoms with Gasteiger partial charge in [-0.15, -0.1) is 0 Å². The van der Waals surface area contributed by atoms with Crippen molar-refractivity contribution >= 4 is 33.3 Å². The number of carbonyl (C=O) groups is 2. The second-order valence-electron chi connectivity index (χ2n) is 6.64. The van der Waals surface area contributed by atoms with E-state index >= 15 is 0 Å². The lowest BCUT2D eigenvalue weighted by Gasteiger charge is -2.35. The molecule has 154 valence electrons. The predicted octanol–water partition coefficient (Wildman–Crippen LogP) is 2.87. The highest BCUT2D eigenvalue weighted by atomic mass is 35.5. The van der Waals surface area contributed by atoms with Gasteiger partial charge in [-0.05, 0) is 42.5 Å². The summed E-state index contributed by atoms with van der Waals surface area (Å²) in [5, 5.41) is 0.0515. The van der Waals surface area contributed by atoms with Gasteiger partial charge >= 0.3 is 0 Å². The summed E-state index contributed by atoms with van der Waals surface area (Å²) in [7, 11) is -3.32. The summed E-state index contributed by atoms with van der Waals surface area (Å²) >= 11 is 5.96. The van der Waals surface area contributed by atoms with Crippen LogP contribution in [0.25, 0.3) is 0 Å². The molecule has 1 aliphatic heterocycles. The molecule has 9 heteroatoms. The van der Waals surface area contributed by atoms with Gasteiger partial charge in [-0.2, -0.15) is 0 Å². The van der Waals surface area contributed by atoms with Gasteiger partial charge in [0, 0.05) is 31.7 Å². The smallest absolute Gasteiger partial charge is 0.255 e. The highest BCUT2D eigenvalue weighted by Gasteiger charge is 2.26. The number of nitrogens with zero attached hydrogens (tertiary/aromatic N) is 2. The minimum atomic E-state index is -3.32. The molecule has 0 bridgehead atoms. The monoisotopic (exact) mass is 438 g/mol. The largest absolute Gasteiger partial charge is 0.335 e. The molecule has 0 aliphatic carbocycles. The molecule has 0 saturated carbocycles. The first-order valence-corrected chi connectivity index (χ1v) is 11.1. The van der Waals surface area contributed by atoms with E-state index in [1.54, 1.807) is 16.7 Å². The van der Waals surface area contributed by atoms with Gasteiger partial charge in [0.05, 0.1) is 21.2 Å². The van der Waals surface area contributed by atoms with Crippen molar-refractivity contribution in [3.63, 3.8) is 0 Å². The quantitative estimate of drug-likeness (QED) is 0.735. The number of carbonyl (C=O) groups excluding carboxylic acids is 2. The zero-order chi connectivity index (χ0) is 21.2. The van der Waals surface area contributed by atoms with Gasteiger partial charge in [-0.3, -0.25) is 9.59 Å². The molecule has 1 aliphatic rings. The van der Waals surface area contributed by atoms with Gasteiger partial charge in [0.2, 0.25) is 0 Å². The fourth-order valence-corrected chi connectivity index (χ4v) is 4.23. The number of benzene rings is 2. The Morgan fingerprint density at radius 3 is 2.03 bits per heavy atom. The van der Waals surface area contributed by atoms with Crippen molar-refractivity contribution in [2.45, 2.75) is 11.8 Å². The molecular formula is C20H20ClFN2O4S. The van der Waals surface area contributed by atoms with Crippen LogP contribution in [0, 0.1) is 5.82 Å². The third-order valence-electron chi connectivity index (χ3n) is 4.86. The number of halogens is 2.